The van der Waals surface area contributed by atoms with Crippen molar-refractivity contribution < 1.29 is 14.3 Å². The molecule has 2 unspecified atom stereocenters. The van der Waals surface area contributed by atoms with Crippen molar-refractivity contribution in [3.63, 3.8) is 0 Å². The molecule has 0 amide bonds. The monoisotopic (exact) mass is 291 g/mol. The Bertz CT molecular complexity index is 666. The number of nitrogens with zero attached hydrogens (tertiary/aromatic N) is 1. The summed E-state index contributed by atoms with van der Waals surface area (Å²) in [5.74, 6) is -0.222. The molecular weight excluding hydrogens is 270 g/mol. The Morgan fingerprint density at radius 3 is 3.05 bits per heavy atom. The maximum Gasteiger partial charge on any atom is 0.419 e. The van der Waals surface area contributed by atoms with E-state index in [1.54, 1.807) is 10.6 Å². The van der Waals surface area contributed by atoms with Crippen LogP contribution in [-0.4, -0.2) is 22.9 Å². The number of aryl methyl sites for hydroxylation is 1. The fourth-order valence-electron chi connectivity index (χ4n) is 2.99. The quantitative estimate of drug-likeness (QED) is 0.940. The highest BCUT2D eigenvalue weighted by molar-refractivity contribution is 5.73. The fraction of sp³-hybridized carbons (Fsp3) is 0.562. The number of benzene rings is 1. The van der Waals surface area contributed by atoms with E-state index < -0.39 is 6.10 Å². The SMILES string of the molecule is CCCn1c(=O)oc2cc(C(O)C3CCCOC3)ccc21. The Hall–Kier alpha value is -1.59. The zero-order valence-corrected chi connectivity index (χ0v) is 12.2. The van der Waals surface area contributed by atoms with Gasteiger partial charge in [-0.05, 0) is 37.0 Å². The van der Waals surface area contributed by atoms with Gasteiger partial charge in [0.15, 0.2) is 5.58 Å². The van der Waals surface area contributed by atoms with E-state index in [0.29, 0.717) is 18.7 Å². The lowest BCUT2D eigenvalue weighted by Crippen LogP contribution is -2.23. The van der Waals surface area contributed by atoms with Crippen molar-refractivity contribution in [2.75, 3.05) is 13.2 Å². The van der Waals surface area contributed by atoms with Crippen molar-refractivity contribution in [2.45, 2.75) is 38.8 Å². The average Bonchev–Trinajstić information content (AvgIpc) is 2.83. The van der Waals surface area contributed by atoms with Gasteiger partial charge >= 0.3 is 5.76 Å². The standard InChI is InChI=1S/C16H21NO4/c1-2-7-17-13-6-5-11(9-14(13)21-16(17)19)15(18)12-4-3-8-20-10-12/h5-6,9,12,15,18H,2-4,7-8,10H2,1H3. The Kier molecular flexibility index (Phi) is 4.12. The molecule has 0 spiro atoms. The maximum atomic E-state index is 11.8. The third-order valence-corrected chi connectivity index (χ3v) is 4.12. The first-order chi connectivity index (χ1) is 10.2. The van der Waals surface area contributed by atoms with E-state index in [1.165, 1.54) is 0 Å². The normalized spacial score (nSPS) is 20.8. The minimum Gasteiger partial charge on any atom is -0.408 e. The number of aliphatic hydroxyl groups is 1. The van der Waals surface area contributed by atoms with E-state index in [9.17, 15) is 9.90 Å². The van der Waals surface area contributed by atoms with Crippen molar-refractivity contribution in [2.24, 2.45) is 5.92 Å². The molecule has 1 aliphatic heterocycles. The molecule has 1 saturated heterocycles. The second kappa shape index (κ2) is 6.03. The first-order valence-electron chi connectivity index (χ1n) is 7.60. The highest BCUT2D eigenvalue weighted by Gasteiger charge is 2.24. The summed E-state index contributed by atoms with van der Waals surface area (Å²) in [6.45, 7) is 4.02. The zero-order chi connectivity index (χ0) is 14.8. The van der Waals surface area contributed by atoms with Gasteiger partial charge in [0.1, 0.15) is 0 Å². The van der Waals surface area contributed by atoms with Crippen molar-refractivity contribution in [1.82, 2.24) is 4.57 Å². The molecule has 1 N–H and O–H groups in total. The lowest BCUT2D eigenvalue weighted by molar-refractivity contribution is -0.00994. The molecule has 0 aliphatic carbocycles. The Morgan fingerprint density at radius 1 is 1.48 bits per heavy atom. The maximum absolute atomic E-state index is 11.8. The number of aromatic nitrogens is 1. The van der Waals surface area contributed by atoms with Gasteiger partial charge in [0, 0.05) is 19.1 Å². The molecule has 0 bridgehead atoms. The van der Waals surface area contributed by atoms with Gasteiger partial charge in [-0.25, -0.2) is 4.79 Å². The molecule has 1 aromatic heterocycles. The van der Waals surface area contributed by atoms with Crippen molar-refractivity contribution >= 4 is 11.1 Å². The highest BCUT2D eigenvalue weighted by atomic mass is 16.5. The van der Waals surface area contributed by atoms with Crippen molar-refractivity contribution in [3.8, 4) is 0 Å². The van der Waals surface area contributed by atoms with E-state index >= 15 is 0 Å². The summed E-state index contributed by atoms with van der Waals surface area (Å²) in [5, 5.41) is 10.5. The van der Waals surface area contributed by atoms with Gasteiger partial charge in [-0.2, -0.15) is 0 Å². The van der Waals surface area contributed by atoms with Gasteiger partial charge in [-0.1, -0.05) is 13.0 Å². The van der Waals surface area contributed by atoms with E-state index in [0.717, 1.165) is 36.9 Å². The Labute approximate surface area is 123 Å². The summed E-state index contributed by atoms with van der Waals surface area (Å²) in [4.78, 5) is 11.8. The number of hydrogen-bond donors (Lipinski definition) is 1. The van der Waals surface area contributed by atoms with Crippen LogP contribution in [0.15, 0.2) is 27.4 Å². The zero-order valence-electron chi connectivity index (χ0n) is 12.2. The van der Waals surface area contributed by atoms with Gasteiger partial charge in [0.05, 0.1) is 18.2 Å². The van der Waals surface area contributed by atoms with Crippen LogP contribution in [-0.2, 0) is 11.3 Å². The highest BCUT2D eigenvalue weighted by Crippen LogP contribution is 2.30. The number of ether oxygens (including phenoxy) is 1. The summed E-state index contributed by atoms with van der Waals surface area (Å²) < 4.78 is 12.4. The lowest BCUT2D eigenvalue weighted by atomic mass is 9.91. The van der Waals surface area contributed by atoms with Crippen LogP contribution >= 0.6 is 0 Å². The molecule has 2 heterocycles. The van der Waals surface area contributed by atoms with Crippen LogP contribution in [0, 0.1) is 5.92 Å². The average molecular weight is 291 g/mol. The minimum atomic E-state index is -0.575. The smallest absolute Gasteiger partial charge is 0.408 e. The summed E-state index contributed by atoms with van der Waals surface area (Å²) in [5.41, 5.74) is 2.12. The van der Waals surface area contributed by atoms with E-state index in [-0.39, 0.29) is 11.7 Å². The molecule has 1 aromatic carbocycles. The summed E-state index contributed by atoms with van der Waals surface area (Å²) in [7, 11) is 0. The molecule has 21 heavy (non-hydrogen) atoms. The van der Waals surface area contributed by atoms with E-state index in [2.05, 4.69) is 0 Å². The van der Waals surface area contributed by atoms with Crippen LogP contribution in [0.1, 0.15) is 37.9 Å². The van der Waals surface area contributed by atoms with Gasteiger partial charge < -0.3 is 14.3 Å². The molecule has 2 aromatic rings. The molecule has 2 atom stereocenters. The topological polar surface area (TPSA) is 64.6 Å². The Morgan fingerprint density at radius 2 is 2.33 bits per heavy atom. The molecule has 0 radical (unpaired) electrons. The first-order valence-corrected chi connectivity index (χ1v) is 7.60. The minimum absolute atomic E-state index is 0.112. The lowest BCUT2D eigenvalue weighted by Gasteiger charge is -2.26. The first kappa shape index (κ1) is 14.4. The molecule has 3 rings (SSSR count). The molecule has 1 fully saturated rings. The van der Waals surface area contributed by atoms with Crippen LogP contribution < -0.4 is 5.76 Å². The van der Waals surface area contributed by atoms with Crippen LogP contribution in [0.2, 0.25) is 0 Å². The molecule has 5 heteroatoms. The van der Waals surface area contributed by atoms with Gasteiger partial charge in [-0.15, -0.1) is 0 Å². The summed E-state index contributed by atoms with van der Waals surface area (Å²) in [6, 6.07) is 5.52. The van der Waals surface area contributed by atoms with Crippen molar-refractivity contribution in [1.29, 1.82) is 0 Å². The van der Waals surface area contributed by atoms with Gasteiger partial charge in [0.25, 0.3) is 0 Å². The summed E-state index contributed by atoms with van der Waals surface area (Å²) in [6.07, 6.45) is 2.24. The van der Waals surface area contributed by atoms with Crippen LogP contribution in [0.3, 0.4) is 0 Å². The van der Waals surface area contributed by atoms with Gasteiger partial charge in [0.2, 0.25) is 0 Å². The fourth-order valence-corrected chi connectivity index (χ4v) is 2.99. The Balaban J connectivity index is 1.92. The number of rotatable bonds is 4. The van der Waals surface area contributed by atoms with Gasteiger partial charge in [-0.3, -0.25) is 4.57 Å². The van der Waals surface area contributed by atoms with E-state index in [4.69, 9.17) is 9.15 Å². The van der Waals surface area contributed by atoms with Crippen molar-refractivity contribution in [3.05, 3.63) is 34.3 Å². The second-order valence-electron chi connectivity index (χ2n) is 5.67. The largest absolute Gasteiger partial charge is 0.419 e. The third kappa shape index (κ3) is 2.76. The van der Waals surface area contributed by atoms with E-state index in [1.807, 2.05) is 19.1 Å². The molecule has 5 nitrogen and oxygen atoms in total. The summed E-state index contributed by atoms with van der Waals surface area (Å²) >= 11 is 0. The van der Waals surface area contributed by atoms with Crippen LogP contribution in [0.5, 0.6) is 0 Å². The number of oxazole rings is 1. The number of aliphatic hydroxyl groups excluding tert-OH is 1. The van der Waals surface area contributed by atoms with Crippen LogP contribution in [0.4, 0.5) is 0 Å². The molecule has 0 saturated carbocycles. The second-order valence-corrected chi connectivity index (χ2v) is 5.67. The number of hydrogen-bond acceptors (Lipinski definition) is 4. The molecule has 114 valence electrons. The molecule has 1 aliphatic rings. The molecular formula is C16H21NO4. The number of fused-ring (bicyclic) bond motifs is 1. The predicted octanol–water partition coefficient (Wildman–Crippen LogP) is 2.46. The predicted molar refractivity (Wildman–Crippen MR) is 79.3 cm³/mol. The third-order valence-electron chi connectivity index (χ3n) is 4.12. The van der Waals surface area contributed by atoms with Crippen LogP contribution in [0.25, 0.3) is 11.1 Å².